The molecule has 1 amide bonds. The van der Waals surface area contributed by atoms with Gasteiger partial charge in [-0.15, -0.1) is 0 Å². The van der Waals surface area contributed by atoms with Crippen LogP contribution >= 0.6 is 0 Å². The number of hydrogen-bond donors (Lipinski definition) is 0. The Morgan fingerprint density at radius 1 is 1.15 bits per heavy atom. The number of likely N-dealkylation sites (N-methyl/N-ethyl adjacent to an activating group) is 1. The first-order chi connectivity index (χ1) is 12.8. The maximum atomic E-state index is 12.4. The molecule has 0 saturated heterocycles. The number of benzene rings is 1. The van der Waals surface area contributed by atoms with Crippen LogP contribution in [-0.2, 0) is 20.7 Å². The van der Waals surface area contributed by atoms with Gasteiger partial charge in [0.1, 0.15) is 11.3 Å². The third-order valence-electron chi connectivity index (χ3n) is 4.39. The van der Waals surface area contributed by atoms with E-state index in [2.05, 4.69) is 0 Å². The molecule has 0 atom stereocenters. The van der Waals surface area contributed by atoms with Crippen LogP contribution < -0.4 is 10.4 Å². The molecule has 2 rings (SSSR count). The van der Waals surface area contributed by atoms with Crippen molar-refractivity contribution in [1.82, 2.24) is 4.90 Å². The van der Waals surface area contributed by atoms with Crippen LogP contribution in [0.2, 0.25) is 0 Å². The average molecular weight is 375 g/mol. The van der Waals surface area contributed by atoms with Crippen molar-refractivity contribution in [2.45, 2.75) is 33.6 Å². The number of fused-ring (bicyclic) bond motifs is 1. The number of esters is 1. The summed E-state index contributed by atoms with van der Waals surface area (Å²) in [6, 6.07) is 3.55. The van der Waals surface area contributed by atoms with E-state index < -0.39 is 5.63 Å². The largest absolute Gasteiger partial charge is 0.483 e. The molecule has 0 saturated carbocycles. The maximum Gasteiger partial charge on any atom is 0.339 e. The van der Waals surface area contributed by atoms with Crippen LogP contribution in [0.15, 0.2) is 21.3 Å². The second-order valence-corrected chi connectivity index (χ2v) is 6.44. The van der Waals surface area contributed by atoms with Crippen LogP contribution in [0.1, 0.15) is 30.0 Å². The molecule has 0 N–H and O–H groups in total. The van der Waals surface area contributed by atoms with E-state index in [1.165, 1.54) is 4.90 Å². The molecule has 0 fully saturated rings. The van der Waals surface area contributed by atoms with Crippen molar-refractivity contribution in [1.29, 1.82) is 0 Å². The van der Waals surface area contributed by atoms with E-state index in [1.54, 1.807) is 40.1 Å². The van der Waals surface area contributed by atoms with Crippen molar-refractivity contribution in [2.24, 2.45) is 0 Å². The molecule has 1 aromatic heterocycles. The lowest BCUT2D eigenvalue weighted by atomic mass is 10.0. The number of rotatable bonds is 7. The highest BCUT2D eigenvalue weighted by molar-refractivity contribution is 5.86. The minimum absolute atomic E-state index is 0.0970. The molecule has 0 spiro atoms. The Labute approximate surface area is 157 Å². The lowest BCUT2D eigenvalue weighted by Gasteiger charge is -2.14. The summed E-state index contributed by atoms with van der Waals surface area (Å²) in [5, 5.41) is 0.775. The Morgan fingerprint density at radius 3 is 2.48 bits per heavy atom. The molecule has 146 valence electrons. The van der Waals surface area contributed by atoms with Gasteiger partial charge < -0.3 is 18.8 Å². The summed E-state index contributed by atoms with van der Waals surface area (Å²) >= 11 is 0. The Morgan fingerprint density at radius 2 is 1.85 bits per heavy atom. The highest BCUT2D eigenvalue weighted by atomic mass is 16.5. The summed E-state index contributed by atoms with van der Waals surface area (Å²) in [4.78, 5) is 37.1. The SMILES string of the molecule is CCOC(=O)CCc1c(C)c2ccc(OCC(=O)N(C)C)c(C)c2oc1=O. The van der Waals surface area contributed by atoms with Gasteiger partial charge in [0, 0.05) is 37.0 Å². The number of ether oxygens (including phenoxy) is 2. The molecule has 7 nitrogen and oxygen atoms in total. The molecular weight excluding hydrogens is 350 g/mol. The van der Waals surface area contributed by atoms with Crippen LogP contribution in [0.3, 0.4) is 0 Å². The molecule has 7 heteroatoms. The summed E-state index contributed by atoms with van der Waals surface area (Å²) in [5.41, 5.74) is 1.83. The first-order valence-corrected chi connectivity index (χ1v) is 8.80. The first-order valence-electron chi connectivity index (χ1n) is 8.80. The van der Waals surface area contributed by atoms with Crippen LogP contribution in [0.5, 0.6) is 5.75 Å². The fourth-order valence-corrected chi connectivity index (χ4v) is 2.75. The van der Waals surface area contributed by atoms with E-state index in [9.17, 15) is 14.4 Å². The lowest BCUT2D eigenvalue weighted by molar-refractivity contribution is -0.143. The molecule has 0 aliphatic carbocycles. The molecule has 0 radical (unpaired) electrons. The van der Waals surface area contributed by atoms with Crippen molar-refractivity contribution in [3.05, 3.63) is 39.2 Å². The highest BCUT2D eigenvalue weighted by Gasteiger charge is 2.17. The monoisotopic (exact) mass is 375 g/mol. The predicted molar refractivity (Wildman–Crippen MR) is 101 cm³/mol. The second kappa shape index (κ2) is 8.70. The molecule has 0 aliphatic rings. The van der Waals surface area contributed by atoms with Crippen molar-refractivity contribution in [3.8, 4) is 5.75 Å². The average Bonchev–Trinajstić information content (AvgIpc) is 2.61. The van der Waals surface area contributed by atoms with E-state index in [-0.39, 0.29) is 31.3 Å². The van der Waals surface area contributed by atoms with Gasteiger partial charge in [-0.1, -0.05) is 0 Å². The van der Waals surface area contributed by atoms with Gasteiger partial charge in [0.15, 0.2) is 6.61 Å². The van der Waals surface area contributed by atoms with E-state index in [1.807, 2.05) is 6.92 Å². The topological polar surface area (TPSA) is 86.1 Å². The number of carbonyl (C=O) groups is 2. The zero-order valence-electron chi connectivity index (χ0n) is 16.4. The van der Waals surface area contributed by atoms with Gasteiger partial charge >= 0.3 is 11.6 Å². The molecule has 2 aromatic rings. The third-order valence-corrected chi connectivity index (χ3v) is 4.39. The van der Waals surface area contributed by atoms with Crippen molar-refractivity contribution in [3.63, 3.8) is 0 Å². The fourth-order valence-electron chi connectivity index (χ4n) is 2.75. The smallest absolute Gasteiger partial charge is 0.339 e. The third kappa shape index (κ3) is 4.67. The lowest BCUT2D eigenvalue weighted by Crippen LogP contribution is -2.27. The Bertz CT molecular complexity index is 913. The number of carbonyl (C=O) groups excluding carboxylic acids is 2. The minimum Gasteiger partial charge on any atom is -0.483 e. The molecule has 0 unspecified atom stereocenters. The van der Waals surface area contributed by atoms with Crippen molar-refractivity contribution in [2.75, 3.05) is 27.3 Å². The Hall–Kier alpha value is -2.83. The molecule has 1 aromatic carbocycles. The zero-order valence-corrected chi connectivity index (χ0v) is 16.4. The van der Waals surface area contributed by atoms with E-state index >= 15 is 0 Å². The van der Waals surface area contributed by atoms with Gasteiger partial charge in [-0.05, 0) is 44.9 Å². The molecule has 0 aliphatic heterocycles. The van der Waals surface area contributed by atoms with E-state index in [0.29, 0.717) is 29.1 Å². The summed E-state index contributed by atoms with van der Waals surface area (Å²) < 4.78 is 16.0. The Balaban J connectivity index is 2.33. The number of nitrogens with zero attached hydrogens (tertiary/aromatic N) is 1. The quantitative estimate of drug-likeness (QED) is 0.545. The highest BCUT2D eigenvalue weighted by Crippen LogP contribution is 2.29. The van der Waals surface area contributed by atoms with Crippen LogP contribution in [0, 0.1) is 13.8 Å². The molecule has 0 bridgehead atoms. The van der Waals surface area contributed by atoms with E-state index in [0.717, 1.165) is 10.9 Å². The van der Waals surface area contributed by atoms with Gasteiger partial charge in [-0.3, -0.25) is 9.59 Å². The van der Waals surface area contributed by atoms with Crippen molar-refractivity contribution < 1.29 is 23.5 Å². The van der Waals surface area contributed by atoms with Gasteiger partial charge in [-0.2, -0.15) is 0 Å². The Kier molecular flexibility index (Phi) is 6.60. The summed E-state index contributed by atoms with van der Waals surface area (Å²) in [6.07, 6.45) is 0.384. The van der Waals surface area contributed by atoms with Crippen LogP contribution in [0.4, 0.5) is 0 Å². The van der Waals surface area contributed by atoms with Crippen molar-refractivity contribution >= 4 is 22.8 Å². The number of amides is 1. The summed E-state index contributed by atoms with van der Waals surface area (Å²) in [7, 11) is 3.30. The zero-order chi connectivity index (χ0) is 20.1. The van der Waals surface area contributed by atoms with Gasteiger partial charge in [0.25, 0.3) is 5.91 Å². The number of hydrogen-bond acceptors (Lipinski definition) is 6. The van der Waals surface area contributed by atoms with Crippen LogP contribution in [-0.4, -0.2) is 44.1 Å². The first kappa shape index (κ1) is 20.5. The van der Waals surface area contributed by atoms with Gasteiger partial charge in [0.2, 0.25) is 0 Å². The molecule has 27 heavy (non-hydrogen) atoms. The maximum absolute atomic E-state index is 12.4. The molecular formula is C20H25NO6. The van der Waals surface area contributed by atoms with Crippen LogP contribution in [0.25, 0.3) is 11.0 Å². The second-order valence-electron chi connectivity index (χ2n) is 6.44. The fraction of sp³-hybridized carbons (Fsp3) is 0.450. The molecule has 1 heterocycles. The number of aryl methyl sites for hydroxylation is 2. The van der Waals surface area contributed by atoms with E-state index in [4.69, 9.17) is 13.9 Å². The predicted octanol–water partition coefficient (Wildman–Crippen LogP) is 2.37. The normalized spacial score (nSPS) is 10.7. The summed E-state index contributed by atoms with van der Waals surface area (Å²) in [5.74, 6) is -0.0251. The summed E-state index contributed by atoms with van der Waals surface area (Å²) in [6.45, 7) is 5.55. The van der Waals surface area contributed by atoms with Gasteiger partial charge in [-0.25, -0.2) is 4.79 Å². The minimum atomic E-state index is -0.478. The van der Waals surface area contributed by atoms with Gasteiger partial charge in [0.05, 0.1) is 6.61 Å². The standard InChI is InChI=1S/C20H25NO6/c1-6-25-18(23)10-8-15-12(2)14-7-9-16(26-11-17(22)21(4)5)13(3)19(14)27-20(15)24/h7,9H,6,8,10-11H2,1-5H3.